The molecule has 2 N–H and O–H groups in total. The van der Waals surface area contributed by atoms with Gasteiger partial charge in [0.05, 0.1) is 0 Å². The first-order valence-corrected chi connectivity index (χ1v) is 11.6. The molecule has 0 aromatic heterocycles. The van der Waals surface area contributed by atoms with Gasteiger partial charge in [0.25, 0.3) is 0 Å². The zero-order chi connectivity index (χ0) is 21.4. The normalized spacial score (nSPS) is 18.3. The molecule has 4 nitrogen and oxygen atoms in total. The minimum atomic E-state index is -1.13. The van der Waals surface area contributed by atoms with Gasteiger partial charge in [-0.2, -0.15) is 0 Å². The number of hydrogen-bond donors (Lipinski definition) is 2. The Kier molecular flexibility index (Phi) is 8.85. The summed E-state index contributed by atoms with van der Waals surface area (Å²) in [6, 6.07) is 0. The number of carboxylic acids is 1. The maximum Gasteiger partial charge on any atom is 0.348 e. The molecule has 0 radical (unpaired) electrons. The van der Waals surface area contributed by atoms with Crippen LogP contribution in [0.2, 0.25) is 0 Å². The van der Waals surface area contributed by atoms with E-state index in [1.165, 1.54) is 51.4 Å². The number of carbonyl (C=O) groups is 1. The van der Waals surface area contributed by atoms with Crippen LogP contribution in [-0.4, -0.2) is 21.8 Å². The molecule has 0 amide bonds. The lowest BCUT2D eigenvalue weighted by Crippen LogP contribution is -2.47. The number of ether oxygens (including phenoxy) is 1. The summed E-state index contributed by atoms with van der Waals surface area (Å²) in [4.78, 5) is 12.2. The van der Waals surface area contributed by atoms with Crippen LogP contribution in [0.3, 0.4) is 0 Å². The summed E-state index contributed by atoms with van der Waals surface area (Å²) in [5.41, 5.74) is 2.29. The van der Waals surface area contributed by atoms with Crippen LogP contribution < -0.4 is 4.74 Å². The Hall–Kier alpha value is -1.71. The molecular formula is C25H40O4. The highest BCUT2D eigenvalue weighted by atomic mass is 16.5. The largest absolute Gasteiger partial charge is 0.507 e. The van der Waals surface area contributed by atoms with Crippen LogP contribution >= 0.6 is 0 Å². The predicted octanol–water partition coefficient (Wildman–Crippen LogP) is 6.78. The molecule has 4 heteroatoms. The SMILES string of the molecule is CCCCCCCCCCCCC1(C(=O)O)CCc2c(C)c(O)c(C)c(C)c2O1. The van der Waals surface area contributed by atoms with Gasteiger partial charge >= 0.3 is 5.97 Å². The average molecular weight is 405 g/mol. The Morgan fingerprint density at radius 3 is 2.00 bits per heavy atom. The Labute approximate surface area is 176 Å². The summed E-state index contributed by atoms with van der Waals surface area (Å²) in [6.45, 7) is 7.90. The standard InChI is InChI=1S/C25H40O4/c1-5-6-7-8-9-10-11-12-13-14-16-25(24(27)28)17-15-21-20(4)22(26)18(2)19(3)23(21)29-25/h26H,5-17H2,1-4H3,(H,27,28). The molecule has 1 aromatic carbocycles. The minimum absolute atomic E-state index is 0.308. The van der Waals surface area contributed by atoms with E-state index in [0.717, 1.165) is 35.1 Å². The lowest BCUT2D eigenvalue weighted by Gasteiger charge is -2.37. The number of aromatic hydroxyl groups is 1. The van der Waals surface area contributed by atoms with E-state index in [1.54, 1.807) is 0 Å². The number of carboxylic acid groups (broad SMARTS) is 1. The van der Waals surface area contributed by atoms with Gasteiger partial charge in [0.15, 0.2) is 0 Å². The first-order valence-electron chi connectivity index (χ1n) is 11.6. The van der Waals surface area contributed by atoms with E-state index in [4.69, 9.17) is 4.74 Å². The molecule has 1 aliphatic rings. The van der Waals surface area contributed by atoms with Crippen molar-refractivity contribution in [2.45, 2.75) is 117 Å². The smallest absolute Gasteiger partial charge is 0.348 e. The molecule has 1 aliphatic heterocycles. The van der Waals surface area contributed by atoms with Crippen LogP contribution in [0.1, 0.15) is 106 Å². The number of fused-ring (bicyclic) bond motifs is 1. The second-order valence-corrected chi connectivity index (χ2v) is 8.86. The third-order valence-electron chi connectivity index (χ3n) is 6.74. The topological polar surface area (TPSA) is 66.8 Å². The monoisotopic (exact) mass is 404 g/mol. The van der Waals surface area contributed by atoms with Crippen molar-refractivity contribution in [3.8, 4) is 11.5 Å². The molecule has 1 unspecified atom stereocenters. The molecule has 2 rings (SSSR count). The van der Waals surface area contributed by atoms with E-state index in [1.807, 2.05) is 20.8 Å². The number of unbranched alkanes of at least 4 members (excludes halogenated alkanes) is 9. The fourth-order valence-electron chi connectivity index (χ4n) is 4.51. The maximum atomic E-state index is 12.2. The van der Waals surface area contributed by atoms with Crippen molar-refractivity contribution in [3.63, 3.8) is 0 Å². The summed E-state index contributed by atoms with van der Waals surface area (Å²) >= 11 is 0. The van der Waals surface area contributed by atoms with Crippen molar-refractivity contribution in [1.82, 2.24) is 0 Å². The van der Waals surface area contributed by atoms with E-state index in [2.05, 4.69) is 6.92 Å². The summed E-state index contributed by atoms with van der Waals surface area (Å²) in [5, 5.41) is 20.3. The van der Waals surface area contributed by atoms with Crippen LogP contribution in [0, 0.1) is 20.8 Å². The Bertz CT molecular complexity index is 695. The lowest BCUT2D eigenvalue weighted by molar-refractivity contribution is -0.157. The molecule has 0 bridgehead atoms. The fourth-order valence-corrected chi connectivity index (χ4v) is 4.51. The van der Waals surface area contributed by atoms with Gasteiger partial charge < -0.3 is 14.9 Å². The quantitative estimate of drug-likeness (QED) is 0.377. The minimum Gasteiger partial charge on any atom is -0.507 e. The number of phenols is 1. The number of hydrogen-bond acceptors (Lipinski definition) is 3. The summed E-state index contributed by atoms with van der Waals surface area (Å²) in [5.74, 6) is 0.128. The highest BCUT2D eigenvalue weighted by Gasteiger charge is 2.44. The Morgan fingerprint density at radius 2 is 1.45 bits per heavy atom. The number of rotatable bonds is 12. The van der Waals surface area contributed by atoms with Crippen molar-refractivity contribution in [2.24, 2.45) is 0 Å². The van der Waals surface area contributed by atoms with Gasteiger partial charge in [0, 0.05) is 12.0 Å². The molecule has 1 aromatic rings. The van der Waals surface area contributed by atoms with E-state index in [9.17, 15) is 15.0 Å². The molecule has 1 heterocycles. The third kappa shape index (κ3) is 5.67. The zero-order valence-electron chi connectivity index (χ0n) is 18.9. The van der Waals surface area contributed by atoms with Crippen LogP contribution in [0.5, 0.6) is 11.5 Å². The van der Waals surface area contributed by atoms with E-state index in [0.29, 0.717) is 30.8 Å². The molecule has 0 saturated carbocycles. The maximum absolute atomic E-state index is 12.2. The molecule has 0 spiro atoms. The molecule has 1 atom stereocenters. The molecular weight excluding hydrogens is 364 g/mol. The van der Waals surface area contributed by atoms with Crippen molar-refractivity contribution in [2.75, 3.05) is 0 Å². The highest BCUT2D eigenvalue weighted by molar-refractivity contribution is 5.79. The number of aliphatic carboxylic acids is 1. The van der Waals surface area contributed by atoms with E-state index >= 15 is 0 Å². The van der Waals surface area contributed by atoms with E-state index < -0.39 is 11.6 Å². The van der Waals surface area contributed by atoms with Crippen LogP contribution in [0.4, 0.5) is 0 Å². The van der Waals surface area contributed by atoms with Crippen molar-refractivity contribution < 1.29 is 19.7 Å². The van der Waals surface area contributed by atoms with Crippen molar-refractivity contribution in [1.29, 1.82) is 0 Å². The summed E-state index contributed by atoms with van der Waals surface area (Å²) in [6.07, 6.45) is 14.0. The van der Waals surface area contributed by atoms with Crippen molar-refractivity contribution in [3.05, 3.63) is 22.3 Å². The lowest BCUT2D eigenvalue weighted by atomic mass is 9.83. The molecule has 0 saturated heterocycles. The highest BCUT2D eigenvalue weighted by Crippen LogP contribution is 2.44. The van der Waals surface area contributed by atoms with Gasteiger partial charge in [-0.05, 0) is 56.7 Å². The zero-order valence-corrected chi connectivity index (χ0v) is 18.9. The van der Waals surface area contributed by atoms with Gasteiger partial charge in [-0.25, -0.2) is 4.79 Å². The molecule has 0 fully saturated rings. The molecule has 29 heavy (non-hydrogen) atoms. The number of benzene rings is 1. The first-order chi connectivity index (χ1) is 13.8. The fraction of sp³-hybridized carbons (Fsp3) is 0.720. The molecule has 164 valence electrons. The predicted molar refractivity (Wildman–Crippen MR) is 118 cm³/mol. The second kappa shape index (κ2) is 10.9. The molecule has 0 aliphatic carbocycles. The Balaban J connectivity index is 1.88. The second-order valence-electron chi connectivity index (χ2n) is 8.86. The first kappa shape index (κ1) is 23.6. The van der Waals surface area contributed by atoms with Crippen LogP contribution in [0.25, 0.3) is 0 Å². The van der Waals surface area contributed by atoms with Gasteiger partial charge in [-0.1, -0.05) is 64.7 Å². The van der Waals surface area contributed by atoms with Gasteiger partial charge in [-0.15, -0.1) is 0 Å². The van der Waals surface area contributed by atoms with Crippen LogP contribution in [-0.2, 0) is 11.2 Å². The van der Waals surface area contributed by atoms with E-state index in [-0.39, 0.29) is 0 Å². The summed E-state index contributed by atoms with van der Waals surface area (Å²) < 4.78 is 6.20. The third-order valence-corrected chi connectivity index (χ3v) is 6.74. The van der Waals surface area contributed by atoms with Gasteiger partial charge in [-0.3, -0.25) is 0 Å². The van der Waals surface area contributed by atoms with Gasteiger partial charge in [0.1, 0.15) is 11.5 Å². The average Bonchev–Trinajstić information content (AvgIpc) is 2.71. The summed E-state index contributed by atoms with van der Waals surface area (Å²) in [7, 11) is 0. The van der Waals surface area contributed by atoms with Gasteiger partial charge in [0.2, 0.25) is 5.60 Å². The number of phenolic OH excluding ortho intramolecular Hbond substituents is 1. The van der Waals surface area contributed by atoms with Crippen LogP contribution in [0.15, 0.2) is 0 Å². The Morgan fingerprint density at radius 1 is 0.897 bits per heavy atom. The van der Waals surface area contributed by atoms with Crippen molar-refractivity contribution >= 4 is 5.97 Å².